The van der Waals surface area contributed by atoms with Crippen LogP contribution < -0.4 is 10.1 Å². The number of hydrogen-bond donors (Lipinski definition) is 2. The van der Waals surface area contributed by atoms with Crippen molar-refractivity contribution in [3.63, 3.8) is 0 Å². The van der Waals surface area contributed by atoms with E-state index in [1.165, 1.54) is 7.11 Å². The number of carbonyl (C=O) groups is 2. The van der Waals surface area contributed by atoms with Gasteiger partial charge in [-0.2, -0.15) is 0 Å². The van der Waals surface area contributed by atoms with E-state index in [0.29, 0.717) is 17.7 Å². The maximum atomic E-state index is 12.6. The zero-order valence-electron chi connectivity index (χ0n) is 16.2. The zero-order valence-corrected chi connectivity index (χ0v) is 16.2. The molecule has 0 aliphatic heterocycles. The van der Waals surface area contributed by atoms with Crippen LogP contribution in [-0.2, 0) is 16.0 Å². The molecule has 0 radical (unpaired) electrons. The summed E-state index contributed by atoms with van der Waals surface area (Å²) in [5.74, 6) is -0.139. The van der Waals surface area contributed by atoms with E-state index in [0.717, 1.165) is 16.5 Å². The average molecular weight is 380 g/mol. The molecule has 3 rings (SSSR count). The van der Waals surface area contributed by atoms with E-state index in [9.17, 15) is 9.59 Å². The van der Waals surface area contributed by atoms with E-state index in [4.69, 9.17) is 9.47 Å². The molecular weight excluding hydrogens is 356 g/mol. The molecule has 0 bridgehead atoms. The minimum absolute atomic E-state index is 0.0551. The van der Waals surface area contributed by atoms with Gasteiger partial charge in [-0.25, -0.2) is 4.79 Å². The van der Waals surface area contributed by atoms with Gasteiger partial charge in [-0.3, -0.25) is 4.79 Å². The molecular formula is C22H24N2O4. The number of ether oxygens (including phenoxy) is 2. The molecule has 1 atom stereocenters. The van der Waals surface area contributed by atoms with Crippen molar-refractivity contribution in [2.24, 2.45) is 0 Å². The van der Waals surface area contributed by atoms with Crippen molar-refractivity contribution < 1.29 is 19.1 Å². The lowest BCUT2D eigenvalue weighted by molar-refractivity contribution is -0.142. The van der Waals surface area contributed by atoms with Crippen molar-refractivity contribution >= 4 is 22.8 Å². The Bertz CT molecular complexity index is 960. The first-order valence-corrected chi connectivity index (χ1v) is 9.18. The molecule has 0 fully saturated rings. The summed E-state index contributed by atoms with van der Waals surface area (Å²) in [7, 11) is 1.31. The van der Waals surface area contributed by atoms with Gasteiger partial charge < -0.3 is 19.8 Å². The third-order valence-corrected chi connectivity index (χ3v) is 4.38. The second-order valence-corrected chi connectivity index (χ2v) is 6.80. The van der Waals surface area contributed by atoms with Crippen molar-refractivity contribution in [3.8, 4) is 5.75 Å². The Hall–Kier alpha value is -3.28. The molecule has 0 saturated heterocycles. The molecule has 0 unspecified atom stereocenters. The topological polar surface area (TPSA) is 80.4 Å². The fourth-order valence-corrected chi connectivity index (χ4v) is 3.05. The number of benzene rings is 2. The second-order valence-electron chi connectivity index (χ2n) is 6.80. The Morgan fingerprint density at radius 2 is 1.79 bits per heavy atom. The number of carbonyl (C=O) groups excluding carboxylic acids is 2. The number of para-hydroxylation sites is 1. The quantitative estimate of drug-likeness (QED) is 0.615. The third kappa shape index (κ3) is 4.52. The highest BCUT2D eigenvalue weighted by atomic mass is 16.5. The first kappa shape index (κ1) is 19.5. The van der Waals surface area contributed by atoms with E-state index < -0.39 is 12.0 Å². The van der Waals surface area contributed by atoms with Gasteiger partial charge in [0.05, 0.1) is 13.2 Å². The molecule has 0 spiro atoms. The molecule has 0 saturated carbocycles. The first-order valence-electron chi connectivity index (χ1n) is 9.18. The summed E-state index contributed by atoms with van der Waals surface area (Å²) < 4.78 is 10.5. The summed E-state index contributed by atoms with van der Waals surface area (Å²) in [4.78, 5) is 28.1. The van der Waals surface area contributed by atoms with Crippen molar-refractivity contribution in [2.75, 3.05) is 7.11 Å². The number of esters is 1. The van der Waals surface area contributed by atoms with Gasteiger partial charge in [-0.05, 0) is 49.7 Å². The Kier molecular flexibility index (Phi) is 5.99. The van der Waals surface area contributed by atoms with Gasteiger partial charge in [0, 0.05) is 29.1 Å². The fraction of sp³-hybridized carbons (Fsp3) is 0.273. The summed E-state index contributed by atoms with van der Waals surface area (Å²) in [6.07, 6.45) is 2.24. The van der Waals surface area contributed by atoms with Gasteiger partial charge in [0.2, 0.25) is 0 Å². The van der Waals surface area contributed by atoms with Crippen molar-refractivity contribution in [1.82, 2.24) is 10.3 Å². The van der Waals surface area contributed by atoms with Crippen LogP contribution in [0.2, 0.25) is 0 Å². The van der Waals surface area contributed by atoms with E-state index >= 15 is 0 Å². The molecule has 3 aromatic rings. The van der Waals surface area contributed by atoms with Crippen molar-refractivity contribution in [1.29, 1.82) is 0 Å². The third-order valence-electron chi connectivity index (χ3n) is 4.38. The number of nitrogens with one attached hydrogen (secondary N) is 2. The van der Waals surface area contributed by atoms with Gasteiger partial charge in [0.25, 0.3) is 5.91 Å². The highest BCUT2D eigenvalue weighted by Gasteiger charge is 2.24. The van der Waals surface area contributed by atoms with Crippen LogP contribution >= 0.6 is 0 Å². The predicted molar refractivity (Wildman–Crippen MR) is 107 cm³/mol. The molecule has 6 nitrogen and oxygen atoms in total. The Morgan fingerprint density at radius 3 is 2.46 bits per heavy atom. The number of amides is 1. The lowest BCUT2D eigenvalue weighted by atomic mass is 10.0. The number of rotatable bonds is 7. The van der Waals surface area contributed by atoms with E-state index in [-0.39, 0.29) is 12.0 Å². The molecule has 0 aliphatic rings. The van der Waals surface area contributed by atoms with Gasteiger partial charge in [0.15, 0.2) is 0 Å². The fourth-order valence-electron chi connectivity index (χ4n) is 3.05. The summed E-state index contributed by atoms with van der Waals surface area (Å²) >= 11 is 0. The monoisotopic (exact) mass is 380 g/mol. The number of hydrogen-bond acceptors (Lipinski definition) is 4. The Balaban J connectivity index is 1.75. The maximum absolute atomic E-state index is 12.6. The summed E-state index contributed by atoms with van der Waals surface area (Å²) in [6.45, 7) is 3.87. The highest BCUT2D eigenvalue weighted by Crippen LogP contribution is 2.20. The normalized spacial score (nSPS) is 12.0. The lowest BCUT2D eigenvalue weighted by Gasteiger charge is -2.17. The summed E-state index contributed by atoms with van der Waals surface area (Å²) in [6, 6.07) is 13.9. The summed E-state index contributed by atoms with van der Waals surface area (Å²) in [5, 5.41) is 3.79. The molecule has 0 aliphatic carbocycles. The van der Waals surface area contributed by atoms with Crippen LogP contribution in [-0.4, -0.2) is 36.1 Å². The number of H-pyrrole nitrogens is 1. The molecule has 2 aromatic carbocycles. The van der Waals surface area contributed by atoms with Crippen LogP contribution in [0.1, 0.15) is 29.8 Å². The molecule has 2 N–H and O–H groups in total. The minimum atomic E-state index is -0.789. The van der Waals surface area contributed by atoms with Gasteiger partial charge in [-0.1, -0.05) is 18.2 Å². The highest BCUT2D eigenvalue weighted by molar-refractivity contribution is 5.97. The number of fused-ring (bicyclic) bond motifs is 1. The van der Waals surface area contributed by atoms with Crippen LogP contribution in [0.4, 0.5) is 0 Å². The van der Waals surface area contributed by atoms with Crippen LogP contribution in [0.25, 0.3) is 10.9 Å². The number of aromatic nitrogens is 1. The first-order chi connectivity index (χ1) is 13.5. The van der Waals surface area contributed by atoms with Crippen LogP contribution in [0, 0.1) is 0 Å². The number of methoxy groups -OCH3 is 1. The summed E-state index contributed by atoms with van der Waals surface area (Å²) in [5.41, 5.74) is 2.36. The largest absolute Gasteiger partial charge is 0.491 e. The average Bonchev–Trinajstić information content (AvgIpc) is 3.10. The van der Waals surface area contributed by atoms with E-state index in [1.807, 2.05) is 44.3 Å². The Morgan fingerprint density at radius 1 is 1.07 bits per heavy atom. The Labute approximate surface area is 163 Å². The predicted octanol–water partition coefficient (Wildman–Crippen LogP) is 3.47. The second kappa shape index (κ2) is 8.61. The smallest absolute Gasteiger partial charge is 0.328 e. The molecule has 1 amide bonds. The zero-order chi connectivity index (χ0) is 20.1. The SMILES string of the molecule is COC(=O)[C@@H](Cc1c[nH]c2ccccc12)NC(=O)c1ccc(OC(C)C)cc1. The molecule has 1 heterocycles. The molecule has 28 heavy (non-hydrogen) atoms. The van der Waals surface area contributed by atoms with Crippen molar-refractivity contribution in [3.05, 3.63) is 65.9 Å². The minimum Gasteiger partial charge on any atom is -0.491 e. The molecule has 6 heteroatoms. The number of aromatic amines is 1. The van der Waals surface area contributed by atoms with Crippen LogP contribution in [0.15, 0.2) is 54.7 Å². The van der Waals surface area contributed by atoms with Gasteiger partial charge >= 0.3 is 5.97 Å². The molecule has 1 aromatic heterocycles. The van der Waals surface area contributed by atoms with Crippen LogP contribution in [0.3, 0.4) is 0 Å². The van der Waals surface area contributed by atoms with Crippen molar-refractivity contribution in [2.45, 2.75) is 32.4 Å². The molecule has 146 valence electrons. The van der Waals surface area contributed by atoms with Crippen LogP contribution in [0.5, 0.6) is 5.75 Å². The lowest BCUT2D eigenvalue weighted by Crippen LogP contribution is -2.43. The maximum Gasteiger partial charge on any atom is 0.328 e. The standard InChI is InChI=1S/C22H24N2O4/c1-14(2)28-17-10-8-15(9-11-17)21(25)24-20(22(26)27-3)12-16-13-23-19-7-5-4-6-18(16)19/h4-11,13-14,20,23H,12H2,1-3H3,(H,24,25)/t20-/m1/s1. The van der Waals surface area contributed by atoms with E-state index in [2.05, 4.69) is 10.3 Å². The van der Waals surface area contributed by atoms with E-state index in [1.54, 1.807) is 24.3 Å². The van der Waals surface area contributed by atoms with Gasteiger partial charge in [0.1, 0.15) is 11.8 Å². The van der Waals surface area contributed by atoms with Gasteiger partial charge in [-0.15, -0.1) is 0 Å².